The molecule has 1 aliphatic rings. The Bertz CT molecular complexity index is 328. The van der Waals surface area contributed by atoms with Crippen molar-refractivity contribution in [2.24, 2.45) is 11.1 Å². The standard InChI is InChI=1S/C16H33N3O/c1-13(2)18-16(5,14(17)20)9-7-11-19-10-6-8-15(3,4)12-19/h13,18H,6-12H2,1-5H3,(H2,17,20). The zero-order valence-corrected chi connectivity index (χ0v) is 14.0. The highest BCUT2D eigenvalue weighted by atomic mass is 16.1. The number of nitrogens with zero attached hydrogens (tertiary/aromatic N) is 1. The van der Waals surface area contributed by atoms with Gasteiger partial charge in [0.25, 0.3) is 0 Å². The molecule has 1 heterocycles. The Morgan fingerprint density at radius 1 is 1.45 bits per heavy atom. The first-order valence-electron chi connectivity index (χ1n) is 7.95. The minimum Gasteiger partial charge on any atom is -0.368 e. The molecule has 0 bridgehead atoms. The average Bonchev–Trinajstić information content (AvgIpc) is 2.26. The molecule has 1 saturated heterocycles. The van der Waals surface area contributed by atoms with Gasteiger partial charge in [-0.15, -0.1) is 0 Å². The third-order valence-electron chi connectivity index (χ3n) is 4.28. The van der Waals surface area contributed by atoms with Gasteiger partial charge in [0.1, 0.15) is 0 Å². The first kappa shape index (κ1) is 17.4. The Hall–Kier alpha value is -0.610. The maximum atomic E-state index is 11.7. The van der Waals surface area contributed by atoms with E-state index in [0.29, 0.717) is 5.41 Å². The van der Waals surface area contributed by atoms with Gasteiger partial charge in [0.2, 0.25) is 5.91 Å². The van der Waals surface area contributed by atoms with E-state index in [-0.39, 0.29) is 11.9 Å². The van der Waals surface area contributed by atoms with Crippen LogP contribution < -0.4 is 11.1 Å². The van der Waals surface area contributed by atoms with Crippen LogP contribution in [-0.4, -0.2) is 42.0 Å². The van der Waals surface area contributed by atoms with Crippen LogP contribution in [-0.2, 0) is 4.79 Å². The first-order valence-corrected chi connectivity index (χ1v) is 7.95. The van der Waals surface area contributed by atoms with Crippen LogP contribution >= 0.6 is 0 Å². The molecule has 0 aliphatic carbocycles. The maximum absolute atomic E-state index is 11.7. The topological polar surface area (TPSA) is 58.4 Å². The Balaban J connectivity index is 2.43. The highest BCUT2D eigenvalue weighted by Gasteiger charge is 2.32. The van der Waals surface area contributed by atoms with Gasteiger partial charge in [-0.3, -0.25) is 4.79 Å². The van der Waals surface area contributed by atoms with Crippen LogP contribution in [0.4, 0.5) is 0 Å². The van der Waals surface area contributed by atoms with Crippen molar-refractivity contribution in [2.45, 2.75) is 71.9 Å². The lowest BCUT2D eigenvalue weighted by atomic mass is 9.84. The molecular weight excluding hydrogens is 250 g/mol. The fraction of sp³-hybridized carbons (Fsp3) is 0.938. The van der Waals surface area contributed by atoms with Crippen molar-refractivity contribution in [3.8, 4) is 0 Å². The fourth-order valence-corrected chi connectivity index (χ4v) is 3.30. The maximum Gasteiger partial charge on any atom is 0.237 e. The van der Waals surface area contributed by atoms with E-state index >= 15 is 0 Å². The van der Waals surface area contributed by atoms with Gasteiger partial charge in [0.05, 0.1) is 5.54 Å². The lowest BCUT2D eigenvalue weighted by Gasteiger charge is -2.38. The van der Waals surface area contributed by atoms with Crippen LogP contribution in [0.2, 0.25) is 0 Å². The van der Waals surface area contributed by atoms with Crippen molar-refractivity contribution >= 4 is 5.91 Å². The molecule has 1 rings (SSSR count). The molecule has 20 heavy (non-hydrogen) atoms. The third-order valence-corrected chi connectivity index (χ3v) is 4.28. The number of carbonyl (C=O) groups excluding carboxylic acids is 1. The number of piperidine rings is 1. The third kappa shape index (κ3) is 5.41. The van der Waals surface area contributed by atoms with Gasteiger partial charge in [-0.05, 0) is 65.0 Å². The van der Waals surface area contributed by atoms with Gasteiger partial charge in [-0.2, -0.15) is 0 Å². The predicted molar refractivity (Wildman–Crippen MR) is 84.6 cm³/mol. The van der Waals surface area contributed by atoms with E-state index in [4.69, 9.17) is 5.73 Å². The zero-order valence-electron chi connectivity index (χ0n) is 14.0. The SMILES string of the molecule is CC(C)NC(C)(CCCN1CCCC(C)(C)C1)C(N)=O. The zero-order chi connectivity index (χ0) is 15.4. The molecule has 1 aliphatic heterocycles. The molecule has 0 spiro atoms. The number of primary amides is 1. The molecule has 0 aromatic heterocycles. The molecule has 0 radical (unpaired) electrons. The lowest BCUT2D eigenvalue weighted by Crippen LogP contribution is -2.55. The first-order chi connectivity index (χ1) is 9.15. The molecule has 1 atom stereocenters. The number of likely N-dealkylation sites (tertiary alicyclic amines) is 1. The average molecular weight is 283 g/mol. The van der Waals surface area contributed by atoms with Gasteiger partial charge in [0.15, 0.2) is 0 Å². The van der Waals surface area contributed by atoms with Crippen molar-refractivity contribution in [2.75, 3.05) is 19.6 Å². The number of nitrogens with one attached hydrogen (secondary N) is 1. The summed E-state index contributed by atoms with van der Waals surface area (Å²) in [4.78, 5) is 14.2. The molecule has 3 N–H and O–H groups in total. The molecule has 0 aromatic carbocycles. The predicted octanol–water partition coefficient (Wildman–Crippen LogP) is 2.13. The molecule has 0 aromatic rings. The smallest absolute Gasteiger partial charge is 0.237 e. The minimum absolute atomic E-state index is 0.245. The summed E-state index contributed by atoms with van der Waals surface area (Å²) in [7, 11) is 0. The Labute approximate surface area is 124 Å². The van der Waals surface area contributed by atoms with Crippen LogP contribution in [0.25, 0.3) is 0 Å². The van der Waals surface area contributed by atoms with E-state index < -0.39 is 5.54 Å². The number of nitrogens with two attached hydrogens (primary N) is 1. The number of hydrogen-bond donors (Lipinski definition) is 2. The summed E-state index contributed by atoms with van der Waals surface area (Å²) >= 11 is 0. The van der Waals surface area contributed by atoms with Gasteiger partial charge < -0.3 is 16.0 Å². The van der Waals surface area contributed by atoms with Gasteiger partial charge in [-0.1, -0.05) is 13.8 Å². The van der Waals surface area contributed by atoms with E-state index in [2.05, 4.69) is 24.1 Å². The molecule has 0 saturated carbocycles. The second-order valence-corrected chi connectivity index (χ2v) is 7.64. The molecule has 1 unspecified atom stereocenters. The van der Waals surface area contributed by atoms with Crippen molar-refractivity contribution in [1.82, 2.24) is 10.2 Å². The lowest BCUT2D eigenvalue weighted by molar-refractivity contribution is -0.124. The number of hydrogen-bond acceptors (Lipinski definition) is 3. The molecule has 118 valence electrons. The van der Waals surface area contributed by atoms with Crippen LogP contribution in [0, 0.1) is 5.41 Å². The van der Waals surface area contributed by atoms with E-state index in [1.807, 2.05) is 20.8 Å². The highest BCUT2D eigenvalue weighted by Crippen LogP contribution is 2.28. The van der Waals surface area contributed by atoms with Gasteiger partial charge in [-0.25, -0.2) is 0 Å². The second kappa shape index (κ2) is 6.90. The van der Waals surface area contributed by atoms with Crippen LogP contribution in [0.3, 0.4) is 0 Å². The van der Waals surface area contributed by atoms with Crippen LogP contribution in [0.1, 0.15) is 60.3 Å². The molecule has 1 fully saturated rings. The Morgan fingerprint density at radius 3 is 2.60 bits per heavy atom. The summed E-state index contributed by atoms with van der Waals surface area (Å²) in [5, 5.41) is 3.32. The summed E-state index contributed by atoms with van der Waals surface area (Å²) in [6.07, 6.45) is 4.41. The minimum atomic E-state index is -0.584. The van der Waals surface area contributed by atoms with Crippen molar-refractivity contribution < 1.29 is 4.79 Å². The summed E-state index contributed by atoms with van der Waals surface area (Å²) in [5.74, 6) is -0.245. The molecule has 4 heteroatoms. The molecule has 4 nitrogen and oxygen atoms in total. The summed E-state index contributed by atoms with van der Waals surface area (Å²) in [5.41, 5.74) is 5.41. The van der Waals surface area contributed by atoms with Crippen molar-refractivity contribution in [3.05, 3.63) is 0 Å². The highest BCUT2D eigenvalue weighted by molar-refractivity contribution is 5.84. The van der Waals surface area contributed by atoms with E-state index in [9.17, 15) is 4.79 Å². The van der Waals surface area contributed by atoms with E-state index in [1.165, 1.54) is 19.4 Å². The number of carbonyl (C=O) groups is 1. The van der Waals surface area contributed by atoms with Gasteiger partial charge >= 0.3 is 0 Å². The monoisotopic (exact) mass is 283 g/mol. The van der Waals surface area contributed by atoms with Crippen LogP contribution in [0.5, 0.6) is 0 Å². The Morgan fingerprint density at radius 2 is 2.10 bits per heavy atom. The largest absolute Gasteiger partial charge is 0.368 e. The van der Waals surface area contributed by atoms with Crippen molar-refractivity contribution in [3.63, 3.8) is 0 Å². The summed E-state index contributed by atoms with van der Waals surface area (Å²) in [6, 6.07) is 0.265. The fourth-order valence-electron chi connectivity index (χ4n) is 3.30. The Kier molecular flexibility index (Phi) is 6.02. The van der Waals surface area contributed by atoms with E-state index in [1.54, 1.807) is 0 Å². The van der Waals surface area contributed by atoms with Crippen LogP contribution in [0.15, 0.2) is 0 Å². The summed E-state index contributed by atoms with van der Waals surface area (Å²) < 4.78 is 0. The molecule has 1 amide bonds. The molecular formula is C16H33N3O. The second-order valence-electron chi connectivity index (χ2n) is 7.64. The summed E-state index contributed by atoms with van der Waals surface area (Å²) in [6.45, 7) is 14.1. The quantitative estimate of drug-likeness (QED) is 0.752. The number of rotatable bonds is 7. The number of amides is 1. The van der Waals surface area contributed by atoms with Gasteiger partial charge in [0, 0.05) is 12.6 Å². The van der Waals surface area contributed by atoms with Crippen molar-refractivity contribution in [1.29, 1.82) is 0 Å². The van der Waals surface area contributed by atoms with E-state index in [0.717, 1.165) is 25.9 Å². The normalized spacial score (nSPS) is 22.7.